The van der Waals surface area contributed by atoms with Crippen molar-refractivity contribution >= 4 is 17.7 Å². The van der Waals surface area contributed by atoms with Crippen LogP contribution in [-0.4, -0.2) is 48.6 Å². The molecular formula is C16H25N3OS. The van der Waals surface area contributed by atoms with Gasteiger partial charge in [-0.1, -0.05) is 32.0 Å². The Bertz CT molecular complexity index is 470. The smallest absolute Gasteiger partial charge is 0.191 e. The molecule has 0 spiro atoms. The van der Waals surface area contributed by atoms with E-state index in [0.717, 1.165) is 30.3 Å². The van der Waals surface area contributed by atoms with Crippen molar-refractivity contribution in [2.75, 3.05) is 37.7 Å². The minimum atomic E-state index is 0.459. The summed E-state index contributed by atoms with van der Waals surface area (Å²) in [4.78, 5) is 6.57. The van der Waals surface area contributed by atoms with Gasteiger partial charge in [-0.25, -0.2) is 4.99 Å². The maximum absolute atomic E-state index is 6.02. The van der Waals surface area contributed by atoms with Gasteiger partial charge < -0.3 is 15.4 Å². The van der Waals surface area contributed by atoms with Gasteiger partial charge in [0.15, 0.2) is 5.96 Å². The zero-order chi connectivity index (χ0) is 15.1. The van der Waals surface area contributed by atoms with Crippen LogP contribution in [0.15, 0.2) is 29.3 Å². The summed E-state index contributed by atoms with van der Waals surface area (Å²) in [5.74, 6) is 4.33. The summed E-state index contributed by atoms with van der Waals surface area (Å²) in [6.45, 7) is 7.50. The lowest BCUT2D eigenvalue weighted by molar-refractivity contribution is 0.323. The molecule has 1 aliphatic heterocycles. The van der Waals surface area contributed by atoms with Crippen LogP contribution in [0, 0.1) is 0 Å². The van der Waals surface area contributed by atoms with Gasteiger partial charge in [0.25, 0.3) is 0 Å². The van der Waals surface area contributed by atoms with E-state index in [2.05, 4.69) is 29.8 Å². The number of ether oxygens (including phenoxy) is 1. The van der Waals surface area contributed by atoms with E-state index in [1.54, 1.807) is 0 Å². The van der Waals surface area contributed by atoms with Crippen LogP contribution in [0.3, 0.4) is 0 Å². The molecule has 0 saturated carbocycles. The third-order valence-corrected chi connectivity index (χ3v) is 4.44. The van der Waals surface area contributed by atoms with Gasteiger partial charge >= 0.3 is 0 Å². The first-order chi connectivity index (χ1) is 10.2. The number of hydrogen-bond acceptors (Lipinski definition) is 3. The standard InChI is InChI=1S/C16H25N3OS/c1-13(2)14-5-3-4-6-15(14)20-10-7-18-16(17)19-8-11-21-12-9-19/h3-6,13H,7-12H2,1-2H3,(H2,17,18). The molecule has 0 amide bonds. The summed E-state index contributed by atoms with van der Waals surface area (Å²) < 4.78 is 5.85. The van der Waals surface area contributed by atoms with Gasteiger partial charge in [0.05, 0.1) is 6.54 Å². The topological polar surface area (TPSA) is 50.9 Å². The SMILES string of the molecule is CC(C)c1ccccc1OCCN=C(N)N1CCSCC1. The van der Waals surface area contributed by atoms with E-state index < -0.39 is 0 Å². The minimum Gasteiger partial charge on any atom is -0.491 e. The lowest BCUT2D eigenvalue weighted by Gasteiger charge is -2.27. The molecule has 0 radical (unpaired) electrons. The Morgan fingerprint density at radius 1 is 1.33 bits per heavy atom. The molecule has 1 aromatic rings. The van der Waals surface area contributed by atoms with E-state index in [4.69, 9.17) is 10.5 Å². The maximum Gasteiger partial charge on any atom is 0.191 e. The largest absolute Gasteiger partial charge is 0.491 e. The van der Waals surface area contributed by atoms with E-state index in [0.29, 0.717) is 25.0 Å². The average Bonchev–Trinajstić information content (AvgIpc) is 2.52. The molecule has 1 fully saturated rings. The highest BCUT2D eigenvalue weighted by molar-refractivity contribution is 7.99. The molecule has 0 atom stereocenters. The summed E-state index contributed by atoms with van der Waals surface area (Å²) in [5.41, 5.74) is 7.26. The van der Waals surface area contributed by atoms with Gasteiger partial charge in [-0.15, -0.1) is 0 Å². The molecule has 1 heterocycles. The third-order valence-electron chi connectivity index (χ3n) is 3.50. The van der Waals surface area contributed by atoms with Crippen molar-refractivity contribution in [2.45, 2.75) is 19.8 Å². The molecular weight excluding hydrogens is 282 g/mol. The molecule has 1 aliphatic rings. The predicted octanol–water partition coefficient (Wildman–Crippen LogP) is 2.55. The summed E-state index contributed by atoms with van der Waals surface area (Å²) in [7, 11) is 0. The Labute approximate surface area is 131 Å². The number of hydrogen-bond donors (Lipinski definition) is 1. The monoisotopic (exact) mass is 307 g/mol. The molecule has 4 nitrogen and oxygen atoms in total. The van der Waals surface area contributed by atoms with Gasteiger partial charge in [0.1, 0.15) is 12.4 Å². The summed E-state index contributed by atoms with van der Waals surface area (Å²) in [6.07, 6.45) is 0. The number of guanidine groups is 1. The van der Waals surface area contributed by atoms with E-state index in [1.807, 2.05) is 30.0 Å². The van der Waals surface area contributed by atoms with Crippen molar-refractivity contribution in [3.63, 3.8) is 0 Å². The van der Waals surface area contributed by atoms with Gasteiger partial charge in [0.2, 0.25) is 0 Å². The molecule has 0 aromatic heterocycles. The highest BCUT2D eigenvalue weighted by atomic mass is 32.2. The van der Waals surface area contributed by atoms with Crippen molar-refractivity contribution in [1.29, 1.82) is 0 Å². The number of nitrogens with two attached hydrogens (primary N) is 1. The number of aliphatic imine (C=N–C) groups is 1. The van der Waals surface area contributed by atoms with Crippen LogP contribution in [0.4, 0.5) is 0 Å². The molecule has 0 bridgehead atoms. The second-order valence-corrected chi connectivity index (χ2v) is 6.61. The first-order valence-corrected chi connectivity index (χ1v) is 8.68. The van der Waals surface area contributed by atoms with Gasteiger partial charge in [0, 0.05) is 24.6 Å². The molecule has 2 N–H and O–H groups in total. The number of rotatable bonds is 5. The Kier molecular flexibility index (Phi) is 6.23. The molecule has 0 unspecified atom stereocenters. The van der Waals surface area contributed by atoms with Crippen LogP contribution in [-0.2, 0) is 0 Å². The number of thioether (sulfide) groups is 1. The lowest BCUT2D eigenvalue weighted by Crippen LogP contribution is -2.42. The van der Waals surface area contributed by atoms with Crippen molar-refractivity contribution < 1.29 is 4.74 Å². The van der Waals surface area contributed by atoms with Crippen molar-refractivity contribution in [2.24, 2.45) is 10.7 Å². The Hall–Kier alpha value is -1.36. The molecule has 1 saturated heterocycles. The normalized spacial score (nSPS) is 16.3. The molecule has 1 aromatic carbocycles. The van der Waals surface area contributed by atoms with Gasteiger partial charge in [-0.3, -0.25) is 0 Å². The lowest BCUT2D eigenvalue weighted by atomic mass is 10.0. The second-order valence-electron chi connectivity index (χ2n) is 5.38. The van der Waals surface area contributed by atoms with E-state index in [9.17, 15) is 0 Å². The summed E-state index contributed by atoms with van der Waals surface area (Å²) >= 11 is 1.97. The number of benzene rings is 1. The minimum absolute atomic E-state index is 0.459. The molecule has 0 aliphatic carbocycles. The molecule has 21 heavy (non-hydrogen) atoms. The molecule has 5 heteroatoms. The van der Waals surface area contributed by atoms with E-state index in [1.165, 1.54) is 5.56 Å². The van der Waals surface area contributed by atoms with Crippen LogP contribution in [0.25, 0.3) is 0 Å². The maximum atomic E-state index is 6.02. The van der Waals surface area contributed by atoms with Gasteiger partial charge in [-0.05, 0) is 17.5 Å². The van der Waals surface area contributed by atoms with E-state index >= 15 is 0 Å². The summed E-state index contributed by atoms with van der Waals surface area (Å²) in [5, 5.41) is 0. The van der Waals surface area contributed by atoms with Crippen LogP contribution in [0.1, 0.15) is 25.3 Å². The second kappa shape index (κ2) is 8.17. The fourth-order valence-electron chi connectivity index (χ4n) is 2.30. The average molecular weight is 307 g/mol. The van der Waals surface area contributed by atoms with Crippen LogP contribution < -0.4 is 10.5 Å². The predicted molar refractivity (Wildman–Crippen MR) is 91.4 cm³/mol. The van der Waals surface area contributed by atoms with Gasteiger partial charge in [-0.2, -0.15) is 11.8 Å². The molecule has 116 valence electrons. The van der Waals surface area contributed by atoms with Crippen molar-refractivity contribution in [1.82, 2.24) is 4.90 Å². The van der Waals surface area contributed by atoms with Crippen LogP contribution >= 0.6 is 11.8 Å². The quantitative estimate of drug-likeness (QED) is 0.516. The zero-order valence-corrected chi connectivity index (χ0v) is 13.7. The fraction of sp³-hybridized carbons (Fsp3) is 0.562. The number of nitrogens with zero attached hydrogens (tertiary/aromatic N) is 2. The fourth-order valence-corrected chi connectivity index (χ4v) is 3.20. The highest BCUT2D eigenvalue weighted by Gasteiger charge is 2.12. The Balaban J connectivity index is 1.81. The van der Waals surface area contributed by atoms with Crippen molar-refractivity contribution in [3.8, 4) is 5.75 Å². The van der Waals surface area contributed by atoms with Crippen LogP contribution in [0.2, 0.25) is 0 Å². The Morgan fingerprint density at radius 2 is 2.05 bits per heavy atom. The molecule has 2 rings (SSSR count). The van der Waals surface area contributed by atoms with Crippen molar-refractivity contribution in [3.05, 3.63) is 29.8 Å². The Morgan fingerprint density at radius 3 is 2.76 bits per heavy atom. The first kappa shape index (κ1) is 16.0. The third kappa shape index (κ3) is 4.84. The number of para-hydroxylation sites is 1. The van der Waals surface area contributed by atoms with Crippen LogP contribution in [0.5, 0.6) is 5.75 Å². The highest BCUT2D eigenvalue weighted by Crippen LogP contribution is 2.25. The summed E-state index contributed by atoms with van der Waals surface area (Å²) in [6, 6.07) is 8.18. The first-order valence-electron chi connectivity index (χ1n) is 7.53. The van der Waals surface area contributed by atoms with E-state index in [-0.39, 0.29) is 0 Å². The zero-order valence-electron chi connectivity index (χ0n) is 12.9.